The number of fused-ring (bicyclic) bond motifs is 1. The van der Waals surface area contributed by atoms with E-state index in [-0.39, 0.29) is 18.1 Å². The number of aryl methyl sites for hydroxylation is 3. The lowest BCUT2D eigenvalue weighted by Gasteiger charge is -2.24. The Morgan fingerprint density at radius 3 is 3.09 bits per heavy atom. The van der Waals surface area contributed by atoms with Gasteiger partial charge in [-0.3, -0.25) is 9.78 Å². The van der Waals surface area contributed by atoms with Gasteiger partial charge in [0, 0.05) is 37.0 Å². The van der Waals surface area contributed by atoms with Crippen molar-refractivity contribution in [1.29, 1.82) is 0 Å². The third-order valence-corrected chi connectivity index (χ3v) is 4.22. The molecule has 22 heavy (non-hydrogen) atoms. The van der Waals surface area contributed by atoms with Crippen molar-refractivity contribution in [3.8, 4) is 0 Å². The molecule has 0 fully saturated rings. The molecule has 1 aliphatic carbocycles. The van der Waals surface area contributed by atoms with Crippen molar-refractivity contribution in [2.45, 2.75) is 45.2 Å². The smallest absolute Gasteiger partial charge is 0.315 e. The molecule has 7 heteroatoms. The number of urea groups is 1. The number of carbonyl (C=O) groups is 1. The van der Waals surface area contributed by atoms with E-state index in [4.69, 9.17) is 0 Å². The van der Waals surface area contributed by atoms with Crippen molar-refractivity contribution in [1.82, 2.24) is 30.6 Å². The molecule has 0 spiro atoms. The van der Waals surface area contributed by atoms with Crippen molar-refractivity contribution in [3.63, 3.8) is 0 Å². The predicted octanol–water partition coefficient (Wildman–Crippen LogP) is 1.37. The zero-order chi connectivity index (χ0) is 15.7. The van der Waals surface area contributed by atoms with E-state index in [1.165, 1.54) is 5.56 Å². The van der Waals surface area contributed by atoms with E-state index in [0.717, 1.165) is 36.2 Å². The summed E-state index contributed by atoms with van der Waals surface area (Å²) in [6.45, 7) is 3.92. The number of nitrogens with zero attached hydrogens (tertiary/aromatic N) is 3. The first-order chi connectivity index (χ1) is 10.5. The van der Waals surface area contributed by atoms with Gasteiger partial charge in [-0.15, -0.1) is 0 Å². The third kappa shape index (κ3) is 2.98. The normalized spacial score (nSPS) is 18.6. The molecule has 0 aliphatic heterocycles. The average molecular weight is 302 g/mol. The first kappa shape index (κ1) is 14.6. The molecule has 7 nitrogen and oxygen atoms in total. The Balaban J connectivity index is 1.56. The van der Waals surface area contributed by atoms with E-state index < -0.39 is 0 Å². The van der Waals surface area contributed by atoms with Gasteiger partial charge >= 0.3 is 6.03 Å². The summed E-state index contributed by atoms with van der Waals surface area (Å²) in [7, 11) is 1.88. The molecule has 3 rings (SSSR count). The van der Waals surface area contributed by atoms with Gasteiger partial charge in [0.1, 0.15) is 0 Å². The maximum Gasteiger partial charge on any atom is 0.315 e. The zero-order valence-corrected chi connectivity index (χ0v) is 13.2. The molecular formula is C15H22N6O. The third-order valence-electron chi connectivity index (χ3n) is 4.22. The number of amides is 2. The van der Waals surface area contributed by atoms with Crippen LogP contribution in [0.25, 0.3) is 0 Å². The minimum Gasteiger partial charge on any atom is -0.335 e. The molecule has 2 amide bonds. The number of aromatic amines is 1. The highest BCUT2D eigenvalue weighted by Crippen LogP contribution is 2.19. The van der Waals surface area contributed by atoms with Gasteiger partial charge in [-0.05, 0) is 32.3 Å². The zero-order valence-electron chi connectivity index (χ0n) is 13.2. The number of aromatic nitrogens is 4. The van der Waals surface area contributed by atoms with Gasteiger partial charge in [0.25, 0.3) is 0 Å². The molecule has 118 valence electrons. The standard InChI is InChI=1S/C15H22N6O/c1-9(13-8-21(3)20-10(13)2)17-15(22)18-12-5-4-11-7-16-19-14(11)6-12/h7-9,12H,4-6H2,1-3H3,(H,16,19)(H2,17,18,22). The highest BCUT2D eigenvalue weighted by molar-refractivity contribution is 5.74. The molecule has 2 unspecified atom stereocenters. The molecule has 0 bridgehead atoms. The van der Waals surface area contributed by atoms with Crippen LogP contribution in [0.4, 0.5) is 4.79 Å². The molecule has 0 radical (unpaired) electrons. The van der Waals surface area contributed by atoms with E-state index in [0.29, 0.717) is 0 Å². The Labute approximate surface area is 129 Å². The van der Waals surface area contributed by atoms with Gasteiger partial charge in [-0.2, -0.15) is 10.2 Å². The lowest BCUT2D eigenvalue weighted by atomic mass is 9.94. The number of hydrogen-bond donors (Lipinski definition) is 3. The molecule has 0 aromatic carbocycles. The predicted molar refractivity (Wildman–Crippen MR) is 82.4 cm³/mol. The Morgan fingerprint density at radius 1 is 1.55 bits per heavy atom. The Morgan fingerprint density at radius 2 is 2.36 bits per heavy atom. The second-order valence-corrected chi connectivity index (χ2v) is 6.00. The van der Waals surface area contributed by atoms with Crippen LogP contribution in [0.5, 0.6) is 0 Å². The van der Waals surface area contributed by atoms with Crippen LogP contribution in [0.2, 0.25) is 0 Å². The lowest BCUT2D eigenvalue weighted by molar-refractivity contribution is 0.232. The molecule has 3 N–H and O–H groups in total. The molecule has 0 saturated heterocycles. The quantitative estimate of drug-likeness (QED) is 0.800. The topological polar surface area (TPSA) is 87.6 Å². The number of nitrogens with one attached hydrogen (secondary N) is 3. The summed E-state index contributed by atoms with van der Waals surface area (Å²) in [6, 6.07) is -0.0566. The van der Waals surface area contributed by atoms with Crippen LogP contribution in [0.3, 0.4) is 0 Å². The van der Waals surface area contributed by atoms with E-state index >= 15 is 0 Å². The first-order valence-corrected chi connectivity index (χ1v) is 7.61. The number of H-pyrrole nitrogens is 1. The molecule has 2 heterocycles. The van der Waals surface area contributed by atoms with Crippen LogP contribution in [-0.4, -0.2) is 32.1 Å². The molecule has 0 saturated carbocycles. The van der Waals surface area contributed by atoms with Gasteiger partial charge in [0.05, 0.1) is 17.9 Å². The largest absolute Gasteiger partial charge is 0.335 e. The van der Waals surface area contributed by atoms with Crippen LogP contribution < -0.4 is 10.6 Å². The van der Waals surface area contributed by atoms with Crippen molar-refractivity contribution in [2.24, 2.45) is 7.05 Å². The molecule has 2 aromatic rings. The molecule has 2 aromatic heterocycles. The first-order valence-electron chi connectivity index (χ1n) is 7.61. The van der Waals surface area contributed by atoms with Gasteiger partial charge in [0.15, 0.2) is 0 Å². The minimum atomic E-state index is -0.135. The van der Waals surface area contributed by atoms with Crippen molar-refractivity contribution < 1.29 is 4.79 Å². The Kier molecular flexibility index (Phi) is 3.87. The molecule has 2 atom stereocenters. The van der Waals surface area contributed by atoms with Crippen LogP contribution in [0, 0.1) is 6.92 Å². The molecule has 1 aliphatic rings. The van der Waals surface area contributed by atoms with Crippen LogP contribution in [0.15, 0.2) is 12.4 Å². The number of carbonyl (C=O) groups excluding carboxylic acids is 1. The molecular weight excluding hydrogens is 280 g/mol. The van der Waals surface area contributed by atoms with Gasteiger partial charge < -0.3 is 10.6 Å². The monoisotopic (exact) mass is 302 g/mol. The summed E-state index contributed by atoms with van der Waals surface area (Å²) in [5, 5.41) is 17.4. The van der Waals surface area contributed by atoms with Crippen LogP contribution in [-0.2, 0) is 19.9 Å². The fourth-order valence-electron chi connectivity index (χ4n) is 3.08. The Hall–Kier alpha value is -2.31. The highest BCUT2D eigenvalue weighted by Gasteiger charge is 2.22. The van der Waals surface area contributed by atoms with E-state index in [9.17, 15) is 4.79 Å². The lowest BCUT2D eigenvalue weighted by Crippen LogP contribution is -2.45. The van der Waals surface area contributed by atoms with Crippen molar-refractivity contribution >= 4 is 6.03 Å². The van der Waals surface area contributed by atoms with Gasteiger partial charge in [-0.25, -0.2) is 4.79 Å². The second-order valence-electron chi connectivity index (χ2n) is 6.00. The van der Waals surface area contributed by atoms with Crippen molar-refractivity contribution in [2.75, 3.05) is 0 Å². The fourth-order valence-corrected chi connectivity index (χ4v) is 3.08. The number of hydrogen-bond acceptors (Lipinski definition) is 3. The highest BCUT2D eigenvalue weighted by atomic mass is 16.2. The minimum absolute atomic E-state index is 0.0694. The summed E-state index contributed by atoms with van der Waals surface area (Å²) in [6.07, 6.45) is 6.52. The van der Waals surface area contributed by atoms with Gasteiger partial charge in [0.2, 0.25) is 0 Å². The van der Waals surface area contributed by atoms with E-state index in [1.807, 2.05) is 33.3 Å². The summed E-state index contributed by atoms with van der Waals surface area (Å²) in [5.74, 6) is 0. The summed E-state index contributed by atoms with van der Waals surface area (Å²) >= 11 is 0. The maximum atomic E-state index is 12.2. The fraction of sp³-hybridized carbons (Fsp3) is 0.533. The number of rotatable bonds is 3. The van der Waals surface area contributed by atoms with Gasteiger partial charge in [-0.1, -0.05) is 0 Å². The van der Waals surface area contributed by atoms with Crippen LogP contribution >= 0.6 is 0 Å². The van der Waals surface area contributed by atoms with E-state index in [2.05, 4.69) is 25.9 Å². The van der Waals surface area contributed by atoms with Crippen molar-refractivity contribution in [3.05, 3.63) is 34.9 Å². The Bertz CT molecular complexity index is 673. The maximum absolute atomic E-state index is 12.2. The summed E-state index contributed by atoms with van der Waals surface area (Å²) < 4.78 is 1.77. The second kappa shape index (κ2) is 5.82. The van der Waals surface area contributed by atoms with Crippen LogP contribution in [0.1, 0.15) is 41.9 Å². The summed E-state index contributed by atoms with van der Waals surface area (Å²) in [5.41, 5.74) is 4.37. The summed E-state index contributed by atoms with van der Waals surface area (Å²) in [4.78, 5) is 12.2. The average Bonchev–Trinajstić information content (AvgIpc) is 3.04. The SMILES string of the molecule is Cc1nn(C)cc1C(C)NC(=O)NC1CCc2cn[nH]c2C1. The van der Waals surface area contributed by atoms with E-state index in [1.54, 1.807) is 4.68 Å².